The number of amides is 2. The Morgan fingerprint density at radius 3 is 2.50 bits per heavy atom. The van der Waals surface area contributed by atoms with Crippen LogP contribution in [0.5, 0.6) is 0 Å². The van der Waals surface area contributed by atoms with E-state index in [9.17, 15) is 14.4 Å². The molecule has 2 amide bonds. The summed E-state index contributed by atoms with van der Waals surface area (Å²) in [5, 5.41) is 3.40. The Bertz CT molecular complexity index is 877. The van der Waals surface area contributed by atoms with E-state index >= 15 is 0 Å². The Balaban J connectivity index is 1.71. The molecule has 1 heterocycles. The zero-order valence-electron chi connectivity index (χ0n) is 14.6. The van der Waals surface area contributed by atoms with Crippen molar-refractivity contribution in [2.45, 2.75) is 20.3 Å². The first-order chi connectivity index (χ1) is 12.4. The summed E-state index contributed by atoms with van der Waals surface area (Å²) in [6.45, 7) is 3.66. The van der Waals surface area contributed by atoms with E-state index in [0.29, 0.717) is 22.8 Å². The summed E-state index contributed by atoms with van der Waals surface area (Å²) in [6.07, 6.45) is 0.156. The highest BCUT2D eigenvalue weighted by molar-refractivity contribution is 6.31. The molecule has 1 N–H and O–H groups in total. The van der Waals surface area contributed by atoms with Crippen LogP contribution in [0.4, 0.5) is 11.4 Å². The first kappa shape index (κ1) is 18.1. The van der Waals surface area contributed by atoms with Gasteiger partial charge in [-0.15, -0.1) is 0 Å². The number of nitrogens with zero attached hydrogens (tertiary/aromatic N) is 1. The Morgan fingerprint density at radius 2 is 1.85 bits per heavy atom. The lowest BCUT2D eigenvalue weighted by atomic mass is 10.1. The van der Waals surface area contributed by atoms with Crippen LogP contribution >= 0.6 is 11.6 Å². The molecule has 0 saturated carbocycles. The van der Waals surface area contributed by atoms with Crippen molar-refractivity contribution in [1.29, 1.82) is 0 Å². The maximum atomic E-state index is 12.5. The fourth-order valence-corrected chi connectivity index (χ4v) is 3.21. The van der Waals surface area contributed by atoms with Gasteiger partial charge in [0.05, 0.1) is 5.92 Å². The third kappa shape index (κ3) is 3.63. The average molecular weight is 371 g/mol. The summed E-state index contributed by atoms with van der Waals surface area (Å²) >= 11 is 6.14. The van der Waals surface area contributed by atoms with E-state index in [1.165, 1.54) is 6.92 Å². The van der Waals surface area contributed by atoms with Gasteiger partial charge in [-0.3, -0.25) is 14.4 Å². The third-order valence-electron chi connectivity index (χ3n) is 4.58. The largest absolute Gasteiger partial charge is 0.326 e. The highest BCUT2D eigenvalue weighted by Gasteiger charge is 2.35. The molecule has 0 aliphatic carbocycles. The second-order valence-electron chi connectivity index (χ2n) is 6.41. The highest BCUT2D eigenvalue weighted by Crippen LogP contribution is 2.31. The molecule has 2 aromatic carbocycles. The van der Waals surface area contributed by atoms with Gasteiger partial charge in [-0.25, -0.2) is 0 Å². The van der Waals surface area contributed by atoms with Gasteiger partial charge >= 0.3 is 0 Å². The van der Waals surface area contributed by atoms with Crippen LogP contribution in [0.25, 0.3) is 0 Å². The minimum Gasteiger partial charge on any atom is -0.326 e. The molecule has 1 aliphatic heterocycles. The zero-order chi connectivity index (χ0) is 18.8. The quantitative estimate of drug-likeness (QED) is 0.831. The number of carbonyl (C=O) groups excluding carboxylic acids is 3. The molecule has 6 heteroatoms. The van der Waals surface area contributed by atoms with E-state index < -0.39 is 5.92 Å². The lowest BCUT2D eigenvalue weighted by molar-refractivity contribution is -0.122. The predicted molar refractivity (Wildman–Crippen MR) is 102 cm³/mol. The van der Waals surface area contributed by atoms with Crippen molar-refractivity contribution in [2.24, 2.45) is 5.92 Å². The minimum atomic E-state index is -0.437. The van der Waals surface area contributed by atoms with Gasteiger partial charge in [0.2, 0.25) is 11.8 Å². The standard InChI is InChI=1S/C20H19ClN2O3/c1-12-17(21)4-3-5-18(12)23-11-15(10-19(23)25)20(26)22-16-8-6-14(7-9-16)13(2)24/h3-9,15H,10-11H2,1-2H3,(H,22,26)/t15-/m1/s1. The molecule has 26 heavy (non-hydrogen) atoms. The Labute approximate surface area is 156 Å². The Morgan fingerprint density at radius 1 is 1.15 bits per heavy atom. The number of hydrogen-bond donors (Lipinski definition) is 1. The van der Waals surface area contributed by atoms with E-state index in [1.807, 2.05) is 13.0 Å². The Hall–Kier alpha value is -2.66. The van der Waals surface area contributed by atoms with E-state index in [2.05, 4.69) is 5.32 Å². The molecular formula is C20H19ClN2O3. The normalized spacial score (nSPS) is 16.7. The molecular weight excluding hydrogens is 352 g/mol. The summed E-state index contributed by atoms with van der Waals surface area (Å²) in [5.41, 5.74) is 2.75. The van der Waals surface area contributed by atoms with E-state index in [1.54, 1.807) is 41.3 Å². The Kier molecular flexibility index (Phi) is 5.09. The fraction of sp³-hybridized carbons (Fsp3) is 0.250. The summed E-state index contributed by atoms with van der Waals surface area (Å²) in [6, 6.07) is 12.1. The van der Waals surface area contributed by atoms with Crippen LogP contribution in [-0.2, 0) is 9.59 Å². The van der Waals surface area contributed by atoms with Crippen molar-refractivity contribution >= 4 is 40.6 Å². The van der Waals surface area contributed by atoms with Crippen molar-refractivity contribution in [2.75, 3.05) is 16.8 Å². The molecule has 2 aromatic rings. The maximum absolute atomic E-state index is 12.5. The molecule has 0 radical (unpaired) electrons. The van der Waals surface area contributed by atoms with Gasteiger partial charge in [0.15, 0.2) is 5.78 Å². The zero-order valence-corrected chi connectivity index (χ0v) is 15.3. The number of rotatable bonds is 4. The van der Waals surface area contributed by atoms with Gasteiger partial charge in [0, 0.05) is 34.9 Å². The van der Waals surface area contributed by atoms with Crippen LogP contribution in [0.3, 0.4) is 0 Å². The molecule has 0 spiro atoms. The van der Waals surface area contributed by atoms with Crippen molar-refractivity contribution in [3.63, 3.8) is 0 Å². The smallest absolute Gasteiger partial charge is 0.229 e. The average Bonchev–Trinajstić information content (AvgIpc) is 2.99. The summed E-state index contributed by atoms with van der Waals surface area (Å²) in [7, 11) is 0. The molecule has 5 nitrogen and oxygen atoms in total. The van der Waals surface area contributed by atoms with Crippen molar-refractivity contribution in [1.82, 2.24) is 0 Å². The van der Waals surface area contributed by atoms with E-state index in [0.717, 1.165) is 11.3 Å². The van der Waals surface area contributed by atoms with E-state index in [4.69, 9.17) is 11.6 Å². The summed E-state index contributed by atoms with van der Waals surface area (Å²) in [5.74, 6) is -0.774. The fourth-order valence-electron chi connectivity index (χ4n) is 3.04. The third-order valence-corrected chi connectivity index (χ3v) is 4.99. The number of benzene rings is 2. The number of halogens is 1. The monoisotopic (exact) mass is 370 g/mol. The van der Waals surface area contributed by atoms with Crippen LogP contribution < -0.4 is 10.2 Å². The van der Waals surface area contributed by atoms with Crippen LogP contribution in [0.15, 0.2) is 42.5 Å². The van der Waals surface area contributed by atoms with Gasteiger partial charge in [0.25, 0.3) is 0 Å². The number of hydrogen-bond acceptors (Lipinski definition) is 3. The number of ketones is 1. The molecule has 1 aliphatic rings. The lowest BCUT2D eigenvalue weighted by Crippen LogP contribution is -2.28. The second-order valence-corrected chi connectivity index (χ2v) is 6.82. The SMILES string of the molecule is CC(=O)c1ccc(NC(=O)[C@@H]2CC(=O)N(c3cccc(Cl)c3C)C2)cc1. The first-order valence-corrected chi connectivity index (χ1v) is 8.72. The van der Waals surface area contributed by atoms with Crippen LogP contribution in [0.1, 0.15) is 29.3 Å². The molecule has 1 fully saturated rings. The van der Waals surface area contributed by atoms with Crippen LogP contribution in [0.2, 0.25) is 5.02 Å². The maximum Gasteiger partial charge on any atom is 0.229 e. The number of Topliss-reactive ketones (excluding diaryl/α,β-unsaturated/α-hetero) is 1. The second kappa shape index (κ2) is 7.30. The first-order valence-electron chi connectivity index (χ1n) is 8.34. The summed E-state index contributed by atoms with van der Waals surface area (Å²) in [4.78, 5) is 37.8. The summed E-state index contributed by atoms with van der Waals surface area (Å²) < 4.78 is 0. The molecule has 0 unspecified atom stereocenters. The van der Waals surface area contributed by atoms with Crippen LogP contribution in [0, 0.1) is 12.8 Å². The predicted octanol–water partition coefficient (Wildman–Crippen LogP) is 3.84. The number of nitrogens with one attached hydrogen (secondary N) is 1. The van der Waals surface area contributed by atoms with Gasteiger partial charge in [-0.05, 0) is 55.8 Å². The lowest BCUT2D eigenvalue weighted by Gasteiger charge is -2.19. The van der Waals surface area contributed by atoms with Gasteiger partial charge in [-0.2, -0.15) is 0 Å². The molecule has 1 saturated heterocycles. The number of carbonyl (C=O) groups is 3. The van der Waals surface area contributed by atoms with Crippen molar-refractivity contribution in [3.05, 3.63) is 58.6 Å². The molecule has 0 bridgehead atoms. The topological polar surface area (TPSA) is 66.5 Å². The van der Waals surface area contributed by atoms with Gasteiger partial charge in [-0.1, -0.05) is 17.7 Å². The highest BCUT2D eigenvalue weighted by atomic mass is 35.5. The van der Waals surface area contributed by atoms with Crippen LogP contribution in [-0.4, -0.2) is 24.1 Å². The van der Waals surface area contributed by atoms with E-state index in [-0.39, 0.29) is 24.0 Å². The molecule has 1 atom stereocenters. The van der Waals surface area contributed by atoms with Gasteiger partial charge in [0.1, 0.15) is 0 Å². The van der Waals surface area contributed by atoms with Crippen molar-refractivity contribution < 1.29 is 14.4 Å². The molecule has 3 rings (SSSR count). The molecule has 0 aromatic heterocycles. The van der Waals surface area contributed by atoms with Crippen molar-refractivity contribution in [3.8, 4) is 0 Å². The number of anilines is 2. The van der Waals surface area contributed by atoms with Gasteiger partial charge < -0.3 is 10.2 Å². The molecule has 134 valence electrons. The minimum absolute atomic E-state index is 0.0307.